The van der Waals surface area contributed by atoms with Gasteiger partial charge in [0.25, 0.3) is 0 Å². The minimum Gasteiger partial charge on any atom is -0.253 e. The average Bonchev–Trinajstić information content (AvgIpc) is 3.04. The van der Waals surface area contributed by atoms with Crippen LogP contribution in [0.2, 0.25) is 0 Å². The summed E-state index contributed by atoms with van der Waals surface area (Å²) < 4.78 is 1.96. The Labute approximate surface area is 153 Å². The van der Waals surface area contributed by atoms with Gasteiger partial charge in [0.15, 0.2) is 0 Å². The number of hydrogen-bond acceptors (Lipinski definition) is 3. The summed E-state index contributed by atoms with van der Waals surface area (Å²) in [4.78, 5) is 5.71. The van der Waals surface area contributed by atoms with Crippen LogP contribution in [0.25, 0.3) is 11.3 Å². The van der Waals surface area contributed by atoms with Crippen molar-refractivity contribution in [2.24, 2.45) is 16.0 Å². The van der Waals surface area contributed by atoms with E-state index in [0.717, 1.165) is 22.5 Å². The first-order chi connectivity index (χ1) is 12.2. The highest BCUT2D eigenvalue weighted by Crippen LogP contribution is 2.19. The summed E-state index contributed by atoms with van der Waals surface area (Å²) in [5, 5.41) is 6.83. The molecule has 0 radical (unpaired) electrons. The molecule has 0 bridgehead atoms. The molecule has 0 saturated heterocycles. The van der Waals surface area contributed by atoms with Gasteiger partial charge in [-0.25, -0.2) is 4.68 Å². The Balaban J connectivity index is 1.97. The van der Waals surface area contributed by atoms with Crippen LogP contribution >= 0.6 is 11.3 Å². The third kappa shape index (κ3) is 4.77. The molecule has 3 rings (SSSR count). The fourth-order valence-electron chi connectivity index (χ4n) is 2.41. The molecule has 0 saturated carbocycles. The van der Waals surface area contributed by atoms with Crippen LogP contribution in [0.4, 0.5) is 0 Å². The molecule has 2 aromatic carbocycles. The molecule has 0 N–H and O–H groups in total. The van der Waals surface area contributed by atoms with Crippen LogP contribution in [0.1, 0.15) is 25.8 Å². The number of nitrogens with zero attached hydrogens (tertiary/aromatic N) is 3. The van der Waals surface area contributed by atoms with E-state index in [1.165, 1.54) is 5.56 Å². The van der Waals surface area contributed by atoms with Crippen LogP contribution in [-0.4, -0.2) is 10.9 Å². The minimum atomic E-state index is 0.591. The third-order valence-corrected chi connectivity index (χ3v) is 4.62. The highest BCUT2D eigenvalue weighted by molar-refractivity contribution is 7.07. The lowest BCUT2D eigenvalue weighted by Gasteiger charge is -2.04. The Bertz CT molecular complexity index is 874. The summed E-state index contributed by atoms with van der Waals surface area (Å²) in [5.74, 6) is 0.591. The van der Waals surface area contributed by atoms with Gasteiger partial charge in [0.2, 0.25) is 4.80 Å². The van der Waals surface area contributed by atoms with E-state index in [1.807, 2.05) is 35.2 Å². The van der Waals surface area contributed by atoms with E-state index < -0.39 is 0 Å². The van der Waals surface area contributed by atoms with E-state index in [9.17, 15) is 0 Å². The Hall–Kier alpha value is -2.46. The minimum absolute atomic E-state index is 0.591. The molecule has 128 valence electrons. The van der Waals surface area contributed by atoms with Crippen molar-refractivity contribution in [1.82, 2.24) is 4.68 Å². The molecule has 0 fully saturated rings. The molecule has 25 heavy (non-hydrogen) atoms. The van der Waals surface area contributed by atoms with Crippen molar-refractivity contribution in [3.8, 4) is 11.3 Å². The van der Waals surface area contributed by atoms with E-state index in [1.54, 1.807) is 11.3 Å². The van der Waals surface area contributed by atoms with Gasteiger partial charge in [-0.2, -0.15) is 5.10 Å². The maximum Gasteiger partial charge on any atom is 0.206 e. The summed E-state index contributed by atoms with van der Waals surface area (Å²) in [7, 11) is 0. The Kier molecular flexibility index (Phi) is 5.96. The van der Waals surface area contributed by atoms with Gasteiger partial charge in [-0.15, -0.1) is 11.3 Å². The Morgan fingerprint density at radius 1 is 1.00 bits per heavy atom. The fraction of sp³-hybridized carbons (Fsp3) is 0.238. The van der Waals surface area contributed by atoms with Crippen LogP contribution < -0.4 is 4.80 Å². The summed E-state index contributed by atoms with van der Waals surface area (Å²) in [6, 6.07) is 20.7. The second-order valence-electron chi connectivity index (χ2n) is 6.31. The van der Waals surface area contributed by atoms with Gasteiger partial charge < -0.3 is 0 Å². The van der Waals surface area contributed by atoms with Gasteiger partial charge in [0.05, 0.1) is 12.2 Å². The standard InChI is InChI=1S/C21H23N3S/c1-17(2)13-14-23-24-20(19-11-7-4-8-12-19)16-25-21(24)22-15-18-9-5-3-6-10-18/h3-12,14,16-17H,13,15H2,1-2H3. The largest absolute Gasteiger partial charge is 0.253 e. The van der Waals surface area contributed by atoms with Crippen molar-refractivity contribution < 1.29 is 0 Å². The molecule has 0 aliphatic heterocycles. The van der Waals surface area contributed by atoms with E-state index in [0.29, 0.717) is 12.5 Å². The Morgan fingerprint density at radius 3 is 2.36 bits per heavy atom. The maximum absolute atomic E-state index is 4.79. The number of aromatic nitrogens is 1. The molecule has 0 unspecified atom stereocenters. The molecule has 0 aliphatic rings. The van der Waals surface area contributed by atoms with Crippen molar-refractivity contribution >= 4 is 17.6 Å². The summed E-state index contributed by atoms with van der Waals surface area (Å²) in [6.45, 7) is 5.06. The Morgan fingerprint density at radius 2 is 1.68 bits per heavy atom. The second kappa shape index (κ2) is 8.58. The number of hydrogen-bond donors (Lipinski definition) is 0. The number of thiazole rings is 1. The molecule has 0 spiro atoms. The van der Waals surface area contributed by atoms with Crippen molar-refractivity contribution in [3.05, 3.63) is 76.4 Å². The van der Waals surface area contributed by atoms with Gasteiger partial charge in [-0.1, -0.05) is 74.5 Å². The smallest absolute Gasteiger partial charge is 0.206 e. The lowest BCUT2D eigenvalue weighted by molar-refractivity contribution is 0.684. The van der Waals surface area contributed by atoms with E-state index >= 15 is 0 Å². The predicted molar refractivity (Wildman–Crippen MR) is 107 cm³/mol. The lowest BCUT2D eigenvalue weighted by Crippen LogP contribution is -2.12. The molecule has 3 nitrogen and oxygen atoms in total. The molecule has 0 aliphatic carbocycles. The second-order valence-corrected chi connectivity index (χ2v) is 7.15. The van der Waals surface area contributed by atoms with E-state index in [4.69, 9.17) is 10.1 Å². The topological polar surface area (TPSA) is 29.6 Å². The molecule has 0 amide bonds. The average molecular weight is 350 g/mol. The summed E-state index contributed by atoms with van der Waals surface area (Å²) in [6.07, 6.45) is 2.95. The molecule has 4 heteroatoms. The van der Waals surface area contributed by atoms with Crippen molar-refractivity contribution in [2.45, 2.75) is 26.8 Å². The van der Waals surface area contributed by atoms with Gasteiger partial charge >= 0.3 is 0 Å². The molecule has 3 aromatic rings. The van der Waals surface area contributed by atoms with E-state index in [2.05, 4.69) is 55.6 Å². The van der Waals surface area contributed by atoms with Crippen LogP contribution in [0.15, 0.2) is 76.1 Å². The normalized spacial score (nSPS) is 12.4. The van der Waals surface area contributed by atoms with Crippen LogP contribution in [0.3, 0.4) is 0 Å². The zero-order chi connectivity index (χ0) is 17.5. The van der Waals surface area contributed by atoms with E-state index in [-0.39, 0.29) is 0 Å². The lowest BCUT2D eigenvalue weighted by atomic mass is 10.2. The molecular formula is C21H23N3S. The van der Waals surface area contributed by atoms with Gasteiger partial charge in [-0.05, 0) is 17.9 Å². The van der Waals surface area contributed by atoms with Crippen LogP contribution in [0, 0.1) is 5.92 Å². The first-order valence-electron chi connectivity index (χ1n) is 8.57. The molecular weight excluding hydrogens is 326 g/mol. The van der Waals surface area contributed by atoms with Gasteiger partial charge in [0, 0.05) is 17.2 Å². The van der Waals surface area contributed by atoms with Crippen molar-refractivity contribution in [3.63, 3.8) is 0 Å². The maximum atomic E-state index is 4.79. The third-order valence-electron chi connectivity index (χ3n) is 3.77. The number of rotatable bonds is 6. The zero-order valence-electron chi connectivity index (χ0n) is 14.7. The fourth-order valence-corrected chi connectivity index (χ4v) is 3.25. The summed E-state index contributed by atoms with van der Waals surface area (Å²) >= 11 is 1.63. The van der Waals surface area contributed by atoms with Crippen LogP contribution in [0.5, 0.6) is 0 Å². The SMILES string of the molecule is CC(C)CC=Nn1c(-c2ccccc2)csc1=NCc1ccccc1. The van der Waals surface area contributed by atoms with Crippen molar-refractivity contribution in [2.75, 3.05) is 0 Å². The van der Waals surface area contributed by atoms with Crippen LogP contribution in [-0.2, 0) is 6.54 Å². The monoisotopic (exact) mass is 349 g/mol. The first kappa shape index (κ1) is 17.4. The highest BCUT2D eigenvalue weighted by atomic mass is 32.1. The molecule has 1 aromatic heterocycles. The van der Waals surface area contributed by atoms with Gasteiger partial charge in [-0.3, -0.25) is 4.99 Å². The highest BCUT2D eigenvalue weighted by Gasteiger charge is 2.06. The molecule has 0 atom stereocenters. The number of benzene rings is 2. The molecule has 1 heterocycles. The van der Waals surface area contributed by atoms with Crippen molar-refractivity contribution in [1.29, 1.82) is 0 Å². The summed E-state index contributed by atoms with van der Waals surface area (Å²) in [5.41, 5.74) is 3.44. The first-order valence-corrected chi connectivity index (χ1v) is 9.45. The quantitative estimate of drug-likeness (QED) is 0.548. The zero-order valence-corrected chi connectivity index (χ0v) is 15.5. The predicted octanol–water partition coefficient (Wildman–Crippen LogP) is 5.20. The van der Waals surface area contributed by atoms with Gasteiger partial charge in [0.1, 0.15) is 0 Å².